The van der Waals surface area contributed by atoms with E-state index >= 15 is 0 Å². The van der Waals surface area contributed by atoms with Crippen LogP contribution < -0.4 is 4.74 Å². The van der Waals surface area contributed by atoms with Gasteiger partial charge in [0.2, 0.25) is 0 Å². The molecule has 0 N–H and O–H groups in total. The van der Waals surface area contributed by atoms with E-state index in [4.69, 9.17) is 14.7 Å². The van der Waals surface area contributed by atoms with Crippen LogP contribution in [-0.2, 0) is 11.2 Å². The number of nitrogens with zero attached hydrogens (tertiary/aromatic N) is 1. The number of carbonyl (C=O) groups is 1. The number of hydrogen-bond donors (Lipinski definition) is 0. The molecule has 2 rings (SSSR count). The van der Waals surface area contributed by atoms with E-state index in [9.17, 15) is 4.79 Å². The fourth-order valence-corrected chi connectivity index (χ4v) is 1.85. The van der Waals surface area contributed by atoms with E-state index in [1.165, 1.54) is 6.07 Å². The van der Waals surface area contributed by atoms with E-state index in [0.29, 0.717) is 24.2 Å². The first-order valence-electron chi connectivity index (χ1n) is 6.53. The van der Waals surface area contributed by atoms with Crippen molar-refractivity contribution >= 4 is 5.97 Å². The van der Waals surface area contributed by atoms with Gasteiger partial charge in [0.25, 0.3) is 0 Å². The van der Waals surface area contributed by atoms with Gasteiger partial charge in [0.05, 0.1) is 30.9 Å². The topological polar surface area (TPSA) is 59.3 Å². The summed E-state index contributed by atoms with van der Waals surface area (Å²) in [6.07, 6.45) is 0.633. The first-order valence-corrected chi connectivity index (χ1v) is 6.53. The lowest BCUT2D eigenvalue weighted by Crippen LogP contribution is -2.08. The van der Waals surface area contributed by atoms with Gasteiger partial charge < -0.3 is 9.47 Å². The van der Waals surface area contributed by atoms with Crippen molar-refractivity contribution in [2.75, 3.05) is 13.7 Å². The van der Waals surface area contributed by atoms with Crippen molar-refractivity contribution in [3.63, 3.8) is 0 Å². The molecule has 2 aromatic rings. The zero-order chi connectivity index (χ0) is 15.1. The van der Waals surface area contributed by atoms with Gasteiger partial charge in [-0.05, 0) is 35.9 Å². The SMILES string of the molecule is COc1ccc(CCOC(=O)c2cccc(C#N)c2)cc1. The minimum absolute atomic E-state index is 0.294. The summed E-state index contributed by atoms with van der Waals surface area (Å²) in [5.41, 5.74) is 1.90. The van der Waals surface area contributed by atoms with Crippen LogP contribution in [0.4, 0.5) is 0 Å². The quantitative estimate of drug-likeness (QED) is 0.790. The Bertz CT molecular complexity index is 656. The Morgan fingerprint density at radius 3 is 2.62 bits per heavy atom. The number of benzene rings is 2. The van der Waals surface area contributed by atoms with Crippen LogP contribution in [-0.4, -0.2) is 19.7 Å². The molecule has 0 aromatic heterocycles. The molecule has 0 aliphatic rings. The fourth-order valence-electron chi connectivity index (χ4n) is 1.85. The molecule has 0 spiro atoms. The van der Waals surface area contributed by atoms with Crippen LogP contribution in [0.15, 0.2) is 48.5 Å². The summed E-state index contributed by atoms with van der Waals surface area (Å²) in [5.74, 6) is 0.379. The van der Waals surface area contributed by atoms with Crippen molar-refractivity contribution in [3.8, 4) is 11.8 Å². The van der Waals surface area contributed by atoms with Gasteiger partial charge in [0.1, 0.15) is 5.75 Å². The Morgan fingerprint density at radius 1 is 1.19 bits per heavy atom. The first kappa shape index (κ1) is 14.6. The molecule has 0 atom stereocenters. The Hall–Kier alpha value is -2.80. The Morgan fingerprint density at radius 2 is 1.95 bits per heavy atom. The summed E-state index contributed by atoms with van der Waals surface area (Å²) in [5, 5.41) is 8.80. The zero-order valence-corrected chi connectivity index (χ0v) is 11.7. The van der Waals surface area contributed by atoms with E-state index in [1.54, 1.807) is 25.3 Å². The maximum atomic E-state index is 11.9. The van der Waals surface area contributed by atoms with E-state index in [1.807, 2.05) is 30.3 Å². The molecule has 0 unspecified atom stereocenters. The highest BCUT2D eigenvalue weighted by atomic mass is 16.5. The Kier molecular flexibility index (Phi) is 4.94. The van der Waals surface area contributed by atoms with E-state index in [0.717, 1.165) is 11.3 Å². The van der Waals surface area contributed by atoms with Crippen molar-refractivity contribution in [2.24, 2.45) is 0 Å². The number of methoxy groups -OCH3 is 1. The average Bonchev–Trinajstić information content (AvgIpc) is 2.55. The molecule has 0 amide bonds. The van der Waals surface area contributed by atoms with Crippen LogP contribution >= 0.6 is 0 Å². The number of carbonyl (C=O) groups excluding carboxylic acids is 1. The van der Waals surface area contributed by atoms with Gasteiger partial charge in [0, 0.05) is 6.42 Å². The van der Waals surface area contributed by atoms with Crippen LogP contribution in [0.5, 0.6) is 5.75 Å². The van der Waals surface area contributed by atoms with Crippen molar-refractivity contribution in [1.29, 1.82) is 5.26 Å². The average molecular weight is 281 g/mol. The lowest BCUT2D eigenvalue weighted by atomic mass is 10.1. The van der Waals surface area contributed by atoms with Crippen molar-refractivity contribution in [2.45, 2.75) is 6.42 Å². The molecular weight excluding hydrogens is 266 g/mol. The largest absolute Gasteiger partial charge is 0.497 e. The van der Waals surface area contributed by atoms with Crippen LogP contribution in [0.3, 0.4) is 0 Å². The predicted molar refractivity (Wildman–Crippen MR) is 78.1 cm³/mol. The van der Waals surface area contributed by atoms with Crippen LogP contribution in [0.25, 0.3) is 0 Å². The number of rotatable bonds is 5. The monoisotopic (exact) mass is 281 g/mol. The molecule has 4 heteroatoms. The molecule has 0 bridgehead atoms. The maximum absolute atomic E-state index is 11.9. The highest BCUT2D eigenvalue weighted by Gasteiger charge is 2.07. The minimum Gasteiger partial charge on any atom is -0.497 e. The van der Waals surface area contributed by atoms with Crippen molar-refractivity contribution in [3.05, 3.63) is 65.2 Å². The van der Waals surface area contributed by atoms with Gasteiger partial charge in [-0.15, -0.1) is 0 Å². The van der Waals surface area contributed by atoms with Crippen LogP contribution in [0, 0.1) is 11.3 Å². The Balaban J connectivity index is 1.87. The van der Waals surface area contributed by atoms with E-state index in [-0.39, 0.29) is 0 Å². The third kappa shape index (κ3) is 4.08. The molecule has 0 fully saturated rings. The van der Waals surface area contributed by atoms with Gasteiger partial charge in [-0.2, -0.15) is 5.26 Å². The molecule has 0 radical (unpaired) electrons. The summed E-state index contributed by atoms with van der Waals surface area (Å²) < 4.78 is 10.3. The highest BCUT2D eigenvalue weighted by molar-refractivity contribution is 5.89. The normalized spacial score (nSPS) is 9.71. The maximum Gasteiger partial charge on any atom is 0.338 e. The summed E-state index contributed by atoms with van der Waals surface area (Å²) >= 11 is 0. The highest BCUT2D eigenvalue weighted by Crippen LogP contribution is 2.12. The van der Waals surface area contributed by atoms with Crippen LogP contribution in [0.1, 0.15) is 21.5 Å². The lowest BCUT2D eigenvalue weighted by Gasteiger charge is -2.06. The molecule has 0 aliphatic carbocycles. The second-order valence-electron chi connectivity index (χ2n) is 4.43. The van der Waals surface area contributed by atoms with Crippen molar-refractivity contribution < 1.29 is 14.3 Å². The Labute approximate surface area is 123 Å². The minimum atomic E-state index is -0.416. The van der Waals surface area contributed by atoms with Gasteiger partial charge in [-0.25, -0.2) is 4.79 Å². The summed E-state index contributed by atoms with van der Waals surface area (Å²) in [7, 11) is 1.62. The molecule has 0 aliphatic heterocycles. The van der Waals surface area contributed by atoms with E-state index < -0.39 is 5.97 Å². The molecule has 4 nitrogen and oxygen atoms in total. The first-order chi connectivity index (χ1) is 10.2. The van der Waals surface area contributed by atoms with Crippen molar-refractivity contribution in [1.82, 2.24) is 0 Å². The second-order valence-corrected chi connectivity index (χ2v) is 4.43. The molecule has 106 valence electrons. The third-order valence-electron chi connectivity index (χ3n) is 3.01. The van der Waals surface area contributed by atoms with Gasteiger partial charge in [-0.3, -0.25) is 0 Å². The standard InChI is InChI=1S/C17H15NO3/c1-20-16-7-5-13(6-8-16)9-10-21-17(19)15-4-2-3-14(11-15)12-18/h2-8,11H,9-10H2,1H3. The molecule has 0 saturated carbocycles. The van der Waals surface area contributed by atoms with Crippen LogP contribution in [0.2, 0.25) is 0 Å². The summed E-state index contributed by atoms with van der Waals surface area (Å²) in [4.78, 5) is 11.9. The van der Waals surface area contributed by atoms with Gasteiger partial charge >= 0.3 is 5.97 Å². The smallest absolute Gasteiger partial charge is 0.338 e. The number of hydrogen-bond acceptors (Lipinski definition) is 4. The number of nitriles is 1. The lowest BCUT2D eigenvalue weighted by molar-refractivity contribution is 0.0509. The number of esters is 1. The zero-order valence-electron chi connectivity index (χ0n) is 11.7. The molecule has 0 saturated heterocycles. The number of ether oxygens (including phenoxy) is 2. The third-order valence-corrected chi connectivity index (χ3v) is 3.01. The van der Waals surface area contributed by atoms with Gasteiger partial charge in [-0.1, -0.05) is 18.2 Å². The predicted octanol–water partition coefficient (Wildman–Crippen LogP) is 2.97. The molecular formula is C17H15NO3. The van der Waals surface area contributed by atoms with Gasteiger partial charge in [0.15, 0.2) is 0 Å². The second kappa shape index (κ2) is 7.11. The molecule has 21 heavy (non-hydrogen) atoms. The van der Waals surface area contributed by atoms with E-state index in [2.05, 4.69) is 0 Å². The fraction of sp³-hybridized carbons (Fsp3) is 0.176. The molecule has 0 heterocycles. The molecule has 2 aromatic carbocycles. The summed E-state index contributed by atoms with van der Waals surface area (Å²) in [6.45, 7) is 0.294. The summed E-state index contributed by atoms with van der Waals surface area (Å²) in [6, 6.07) is 16.1.